The molecule has 6 heteroatoms. The van der Waals surface area contributed by atoms with Gasteiger partial charge in [-0.3, -0.25) is 4.68 Å². The molecule has 0 spiro atoms. The SMILES string of the molecule is CCNC(=NCc1ccnn1C)NCC1CCCCCCC1.I. The Morgan fingerprint density at radius 2 is 1.91 bits per heavy atom. The highest BCUT2D eigenvalue weighted by Crippen LogP contribution is 2.21. The van der Waals surface area contributed by atoms with Crippen LogP contribution in [0.1, 0.15) is 57.6 Å². The molecule has 23 heavy (non-hydrogen) atoms. The Labute approximate surface area is 157 Å². The number of aryl methyl sites for hydroxylation is 1. The van der Waals surface area contributed by atoms with E-state index in [1.54, 1.807) is 0 Å². The van der Waals surface area contributed by atoms with Crippen LogP contribution in [0.2, 0.25) is 0 Å². The largest absolute Gasteiger partial charge is 0.357 e. The van der Waals surface area contributed by atoms with E-state index < -0.39 is 0 Å². The van der Waals surface area contributed by atoms with Crippen molar-refractivity contribution in [3.63, 3.8) is 0 Å². The normalized spacial score (nSPS) is 17.0. The molecule has 1 fully saturated rings. The lowest BCUT2D eigenvalue weighted by Crippen LogP contribution is -2.40. The summed E-state index contributed by atoms with van der Waals surface area (Å²) in [6, 6.07) is 2.02. The molecule has 0 amide bonds. The average Bonchev–Trinajstić information content (AvgIpc) is 2.88. The number of hydrogen-bond acceptors (Lipinski definition) is 2. The lowest BCUT2D eigenvalue weighted by atomic mass is 9.91. The Hall–Kier alpha value is -0.790. The minimum absolute atomic E-state index is 0. The number of nitrogens with one attached hydrogen (secondary N) is 2. The maximum atomic E-state index is 4.68. The summed E-state index contributed by atoms with van der Waals surface area (Å²) < 4.78 is 1.88. The molecule has 1 saturated carbocycles. The monoisotopic (exact) mass is 433 g/mol. The smallest absolute Gasteiger partial charge is 0.191 e. The quantitative estimate of drug-likeness (QED) is 0.425. The van der Waals surface area contributed by atoms with Gasteiger partial charge < -0.3 is 10.6 Å². The molecular formula is C17H32IN5. The number of aliphatic imine (C=N–C) groups is 1. The predicted molar refractivity (Wildman–Crippen MR) is 107 cm³/mol. The topological polar surface area (TPSA) is 54.2 Å². The standard InChI is InChI=1S/C17H31N5.HI/c1-3-18-17(20-14-16-11-12-21-22(16)2)19-13-15-9-7-5-4-6-8-10-15;/h11-12,15H,3-10,13-14H2,1-2H3,(H2,18,19,20);1H. The predicted octanol–water partition coefficient (Wildman–Crippen LogP) is 3.45. The average molecular weight is 433 g/mol. The fourth-order valence-corrected chi connectivity index (χ4v) is 3.04. The number of rotatable bonds is 5. The second kappa shape index (κ2) is 11.7. The zero-order chi connectivity index (χ0) is 15.6. The summed E-state index contributed by atoms with van der Waals surface area (Å²) in [7, 11) is 1.96. The van der Waals surface area contributed by atoms with Gasteiger partial charge in [0.15, 0.2) is 5.96 Å². The van der Waals surface area contributed by atoms with E-state index in [9.17, 15) is 0 Å². The molecule has 2 rings (SSSR count). The lowest BCUT2D eigenvalue weighted by molar-refractivity contribution is 0.375. The molecule has 1 aromatic rings. The van der Waals surface area contributed by atoms with Crippen LogP contribution in [0.15, 0.2) is 17.3 Å². The van der Waals surface area contributed by atoms with E-state index in [2.05, 4.69) is 27.6 Å². The van der Waals surface area contributed by atoms with Crippen molar-refractivity contribution in [2.24, 2.45) is 18.0 Å². The van der Waals surface area contributed by atoms with E-state index in [0.29, 0.717) is 6.54 Å². The van der Waals surface area contributed by atoms with E-state index >= 15 is 0 Å². The highest BCUT2D eigenvalue weighted by atomic mass is 127. The molecular weight excluding hydrogens is 401 g/mol. The summed E-state index contributed by atoms with van der Waals surface area (Å²) in [6.45, 7) is 4.70. The van der Waals surface area contributed by atoms with Gasteiger partial charge in [0.05, 0.1) is 12.2 Å². The zero-order valence-corrected chi connectivity index (χ0v) is 16.9. The molecule has 0 atom stereocenters. The van der Waals surface area contributed by atoms with Gasteiger partial charge in [0.25, 0.3) is 0 Å². The molecule has 1 aliphatic carbocycles. The Kier molecular flexibility index (Phi) is 10.3. The van der Waals surface area contributed by atoms with E-state index in [1.807, 2.05) is 24.0 Å². The van der Waals surface area contributed by atoms with Crippen molar-refractivity contribution in [3.8, 4) is 0 Å². The van der Waals surface area contributed by atoms with Gasteiger partial charge in [0, 0.05) is 26.3 Å². The van der Waals surface area contributed by atoms with Crippen molar-refractivity contribution in [2.45, 2.75) is 58.4 Å². The number of aromatic nitrogens is 2. The van der Waals surface area contributed by atoms with E-state index in [1.165, 1.54) is 44.9 Å². The van der Waals surface area contributed by atoms with Crippen LogP contribution in [0.5, 0.6) is 0 Å². The van der Waals surface area contributed by atoms with Crippen molar-refractivity contribution in [1.29, 1.82) is 0 Å². The molecule has 1 heterocycles. The summed E-state index contributed by atoms with van der Waals surface area (Å²) in [5, 5.41) is 11.1. The van der Waals surface area contributed by atoms with Crippen LogP contribution in [-0.4, -0.2) is 28.8 Å². The minimum Gasteiger partial charge on any atom is -0.357 e. The van der Waals surface area contributed by atoms with Crippen molar-refractivity contribution in [1.82, 2.24) is 20.4 Å². The van der Waals surface area contributed by atoms with E-state index in [4.69, 9.17) is 0 Å². The maximum Gasteiger partial charge on any atom is 0.191 e. The third-order valence-corrected chi connectivity index (χ3v) is 4.45. The fourth-order valence-electron chi connectivity index (χ4n) is 3.04. The first kappa shape index (κ1) is 20.3. The first-order chi connectivity index (χ1) is 10.8. The third kappa shape index (κ3) is 7.54. The second-order valence-corrected chi connectivity index (χ2v) is 6.23. The number of nitrogens with zero attached hydrogens (tertiary/aromatic N) is 3. The molecule has 0 unspecified atom stereocenters. The van der Waals surface area contributed by atoms with Gasteiger partial charge >= 0.3 is 0 Å². The van der Waals surface area contributed by atoms with Crippen molar-refractivity contribution < 1.29 is 0 Å². The molecule has 0 aromatic carbocycles. The number of hydrogen-bond donors (Lipinski definition) is 2. The van der Waals surface area contributed by atoms with Crippen LogP contribution < -0.4 is 10.6 Å². The summed E-state index contributed by atoms with van der Waals surface area (Å²) in [5.41, 5.74) is 1.13. The fraction of sp³-hybridized carbons (Fsp3) is 0.765. The second-order valence-electron chi connectivity index (χ2n) is 6.23. The van der Waals surface area contributed by atoms with Gasteiger partial charge in [-0.15, -0.1) is 24.0 Å². The summed E-state index contributed by atoms with van der Waals surface area (Å²) in [6.07, 6.45) is 11.5. The van der Waals surface area contributed by atoms with Gasteiger partial charge in [-0.25, -0.2) is 4.99 Å². The molecule has 2 N–H and O–H groups in total. The Bertz CT molecular complexity index is 450. The zero-order valence-electron chi connectivity index (χ0n) is 14.6. The highest BCUT2D eigenvalue weighted by molar-refractivity contribution is 14.0. The van der Waals surface area contributed by atoms with Crippen molar-refractivity contribution in [3.05, 3.63) is 18.0 Å². The Balaban J connectivity index is 0.00000264. The Morgan fingerprint density at radius 3 is 2.52 bits per heavy atom. The lowest BCUT2D eigenvalue weighted by Gasteiger charge is -2.21. The minimum atomic E-state index is 0. The maximum absolute atomic E-state index is 4.68. The van der Waals surface area contributed by atoms with Crippen molar-refractivity contribution >= 4 is 29.9 Å². The van der Waals surface area contributed by atoms with Gasteiger partial charge in [-0.1, -0.05) is 32.1 Å². The molecule has 132 valence electrons. The first-order valence-corrected chi connectivity index (χ1v) is 8.78. The van der Waals surface area contributed by atoms with Gasteiger partial charge in [0.1, 0.15) is 0 Å². The van der Waals surface area contributed by atoms with Crippen LogP contribution in [0.3, 0.4) is 0 Å². The van der Waals surface area contributed by atoms with E-state index in [-0.39, 0.29) is 24.0 Å². The van der Waals surface area contributed by atoms with Crippen LogP contribution in [-0.2, 0) is 13.6 Å². The summed E-state index contributed by atoms with van der Waals surface area (Å²) in [4.78, 5) is 4.68. The third-order valence-electron chi connectivity index (χ3n) is 4.45. The van der Waals surface area contributed by atoms with Crippen LogP contribution in [0.4, 0.5) is 0 Å². The molecule has 5 nitrogen and oxygen atoms in total. The molecule has 0 saturated heterocycles. The first-order valence-electron chi connectivity index (χ1n) is 8.78. The summed E-state index contributed by atoms with van der Waals surface area (Å²) >= 11 is 0. The van der Waals surface area contributed by atoms with E-state index in [0.717, 1.165) is 30.7 Å². The van der Waals surface area contributed by atoms with Crippen molar-refractivity contribution in [2.75, 3.05) is 13.1 Å². The van der Waals surface area contributed by atoms with Gasteiger partial charge in [0.2, 0.25) is 0 Å². The van der Waals surface area contributed by atoms with Crippen LogP contribution in [0, 0.1) is 5.92 Å². The van der Waals surface area contributed by atoms with Crippen LogP contribution >= 0.6 is 24.0 Å². The van der Waals surface area contributed by atoms with Gasteiger partial charge in [-0.2, -0.15) is 5.10 Å². The Morgan fingerprint density at radius 1 is 1.22 bits per heavy atom. The van der Waals surface area contributed by atoms with Crippen LogP contribution in [0.25, 0.3) is 0 Å². The van der Waals surface area contributed by atoms with Gasteiger partial charge in [-0.05, 0) is 31.7 Å². The molecule has 1 aromatic heterocycles. The number of halogens is 1. The molecule has 0 radical (unpaired) electrons. The molecule has 0 aliphatic heterocycles. The summed E-state index contributed by atoms with van der Waals surface area (Å²) in [5.74, 6) is 1.71. The molecule has 0 bridgehead atoms. The number of guanidine groups is 1. The highest BCUT2D eigenvalue weighted by Gasteiger charge is 2.12. The molecule has 1 aliphatic rings.